The molecule has 1 fully saturated rings. The van der Waals surface area contributed by atoms with Crippen molar-refractivity contribution in [3.8, 4) is 0 Å². The Morgan fingerprint density at radius 1 is 1.17 bits per heavy atom. The zero-order valence-corrected chi connectivity index (χ0v) is 11.0. The third-order valence-corrected chi connectivity index (χ3v) is 3.33. The molecule has 1 N–H and O–H groups in total. The minimum absolute atomic E-state index is 0.172. The van der Waals surface area contributed by atoms with E-state index >= 15 is 0 Å². The molecule has 100 valence electrons. The first-order valence-corrected chi connectivity index (χ1v) is 6.49. The number of aromatic nitrogens is 2. The van der Waals surface area contributed by atoms with Crippen LogP contribution in [0.1, 0.15) is 13.8 Å². The van der Waals surface area contributed by atoms with Crippen LogP contribution in [0.2, 0.25) is 0 Å². The van der Waals surface area contributed by atoms with E-state index in [2.05, 4.69) is 10.2 Å². The van der Waals surface area contributed by atoms with Crippen LogP contribution < -0.4 is 21.5 Å². The number of hydrogen-bond donors (Lipinski definition) is 1. The lowest BCUT2D eigenvalue weighted by molar-refractivity contribution is 0.557. The summed E-state index contributed by atoms with van der Waals surface area (Å²) in [6.45, 7) is 8.09. The zero-order valence-electron chi connectivity index (χ0n) is 11.0. The second-order valence-electron chi connectivity index (χ2n) is 4.37. The maximum Gasteiger partial charge on any atom is 0.331 e. The van der Waals surface area contributed by atoms with Gasteiger partial charge in [-0.1, -0.05) is 0 Å². The van der Waals surface area contributed by atoms with Gasteiger partial charge in [-0.3, -0.25) is 13.9 Å². The molecule has 0 aliphatic carbocycles. The van der Waals surface area contributed by atoms with Gasteiger partial charge >= 0.3 is 5.69 Å². The fourth-order valence-corrected chi connectivity index (χ4v) is 2.27. The highest BCUT2D eigenvalue weighted by atomic mass is 16.2. The van der Waals surface area contributed by atoms with Crippen molar-refractivity contribution < 1.29 is 0 Å². The van der Waals surface area contributed by atoms with Gasteiger partial charge in [-0.25, -0.2) is 4.79 Å². The molecule has 0 bridgehead atoms. The van der Waals surface area contributed by atoms with E-state index in [9.17, 15) is 9.59 Å². The van der Waals surface area contributed by atoms with Crippen molar-refractivity contribution in [1.82, 2.24) is 14.5 Å². The van der Waals surface area contributed by atoms with Gasteiger partial charge in [-0.05, 0) is 13.8 Å². The molecular formula is C12H20N4O2. The minimum atomic E-state index is -0.219. The first kappa shape index (κ1) is 12.9. The third kappa shape index (κ3) is 2.20. The van der Waals surface area contributed by atoms with Crippen LogP contribution in [0.15, 0.2) is 15.8 Å². The van der Waals surface area contributed by atoms with Gasteiger partial charge < -0.3 is 10.2 Å². The smallest absolute Gasteiger partial charge is 0.331 e. The predicted molar refractivity (Wildman–Crippen MR) is 71.4 cm³/mol. The van der Waals surface area contributed by atoms with Crippen LogP contribution in [-0.2, 0) is 13.1 Å². The van der Waals surface area contributed by atoms with E-state index in [0.29, 0.717) is 18.8 Å². The Hall–Kier alpha value is -1.56. The highest BCUT2D eigenvalue weighted by Gasteiger charge is 2.17. The van der Waals surface area contributed by atoms with Gasteiger partial charge in [-0.2, -0.15) is 0 Å². The topological polar surface area (TPSA) is 59.3 Å². The van der Waals surface area contributed by atoms with Gasteiger partial charge in [0.25, 0.3) is 5.56 Å². The molecule has 0 radical (unpaired) electrons. The molecule has 2 heterocycles. The second kappa shape index (κ2) is 5.39. The number of nitrogens with zero attached hydrogens (tertiary/aromatic N) is 3. The monoisotopic (exact) mass is 252 g/mol. The molecule has 1 aliphatic heterocycles. The quantitative estimate of drug-likeness (QED) is 0.785. The standard InChI is InChI=1S/C12H20N4O2/c1-3-14-9-10(15-7-5-13-6-8-15)11(17)16(4-2)12(14)18/h9,13H,3-8H2,1-2H3. The zero-order chi connectivity index (χ0) is 13.1. The minimum Gasteiger partial charge on any atom is -0.363 e. The molecule has 6 heteroatoms. The number of piperazine rings is 1. The second-order valence-corrected chi connectivity index (χ2v) is 4.37. The van der Waals surface area contributed by atoms with Gasteiger partial charge in [-0.15, -0.1) is 0 Å². The van der Waals surface area contributed by atoms with E-state index in [1.165, 1.54) is 4.57 Å². The molecule has 0 atom stereocenters. The maximum atomic E-state index is 12.3. The predicted octanol–water partition coefficient (Wildman–Crippen LogP) is -0.541. The number of anilines is 1. The van der Waals surface area contributed by atoms with Crippen LogP contribution in [-0.4, -0.2) is 35.3 Å². The fraction of sp³-hybridized carbons (Fsp3) is 0.667. The lowest BCUT2D eigenvalue weighted by Gasteiger charge is -2.29. The normalized spacial score (nSPS) is 16.0. The van der Waals surface area contributed by atoms with Gasteiger partial charge in [0.05, 0.1) is 0 Å². The number of aryl methyl sites for hydroxylation is 1. The Labute approximate surface area is 106 Å². The average molecular weight is 252 g/mol. The van der Waals surface area contributed by atoms with Crippen molar-refractivity contribution in [2.75, 3.05) is 31.1 Å². The average Bonchev–Trinajstić information content (AvgIpc) is 2.41. The summed E-state index contributed by atoms with van der Waals surface area (Å²) in [6, 6.07) is 0. The van der Waals surface area contributed by atoms with Crippen LogP contribution in [0.4, 0.5) is 5.69 Å². The fourth-order valence-electron chi connectivity index (χ4n) is 2.27. The van der Waals surface area contributed by atoms with E-state index in [-0.39, 0.29) is 11.2 Å². The third-order valence-electron chi connectivity index (χ3n) is 3.33. The van der Waals surface area contributed by atoms with E-state index in [4.69, 9.17) is 0 Å². The molecule has 1 saturated heterocycles. The highest BCUT2D eigenvalue weighted by Crippen LogP contribution is 2.07. The molecule has 1 aromatic rings. The first-order valence-electron chi connectivity index (χ1n) is 6.49. The van der Waals surface area contributed by atoms with E-state index in [0.717, 1.165) is 26.2 Å². The summed E-state index contributed by atoms with van der Waals surface area (Å²) in [5.74, 6) is 0. The van der Waals surface area contributed by atoms with Gasteiger partial charge in [0.1, 0.15) is 5.69 Å². The Kier molecular flexibility index (Phi) is 3.86. The summed E-state index contributed by atoms with van der Waals surface area (Å²) < 4.78 is 2.91. The van der Waals surface area contributed by atoms with Crippen LogP contribution in [0.25, 0.3) is 0 Å². The molecule has 6 nitrogen and oxygen atoms in total. The summed E-state index contributed by atoms with van der Waals surface area (Å²) in [5.41, 5.74) is 0.248. The lowest BCUT2D eigenvalue weighted by Crippen LogP contribution is -2.48. The van der Waals surface area contributed by atoms with Crippen LogP contribution in [0, 0.1) is 0 Å². The molecule has 1 aliphatic rings. The number of hydrogen-bond acceptors (Lipinski definition) is 4. The maximum absolute atomic E-state index is 12.3. The van der Waals surface area contributed by atoms with E-state index in [1.807, 2.05) is 13.8 Å². The summed E-state index contributed by atoms with van der Waals surface area (Å²) >= 11 is 0. The molecule has 2 rings (SSSR count). The van der Waals surface area contributed by atoms with E-state index in [1.54, 1.807) is 10.8 Å². The lowest BCUT2D eigenvalue weighted by atomic mass is 10.3. The van der Waals surface area contributed by atoms with Gasteiger partial charge in [0.15, 0.2) is 0 Å². The molecule has 0 unspecified atom stereocenters. The van der Waals surface area contributed by atoms with Crippen molar-refractivity contribution in [3.05, 3.63) is 27.0 Å². The van der Waals surface area contributed by atoms with Crippen LogP contribution in [0.5, 0.6) is 0 Å². The highest BCUT2D eigenvalue weighted by molar-refractivity contribution is 5.42. The Morgan fingerprint density at radius 2 is 1.83 bits per heavy atom. The Balaban J connectivity index is 2.52. The summed E-state index contributed by atoms with van der Waals surface area (Å²) in [7, 11) is 0. The largest absolute Gasteiger partial charge is 0.363 e. The molecular weight excluding hydrogens is 232 g/mol. The summed E-state index contributed by atoms with van der Waals surface area (Å²) in [6.07, 6.45) is 1.70. The first-order chi connectivity index (χ1) is 8.69. The van der Waals surface area contributed by atoms with Crippen LogP contribution in [0.3, 0.4) is 0 Å². The molecule has 18 heavy (non-hydrogen) atoms. The van der Waals surface area contributed by atoms with Crippen LogP contribution >= 0.6 is 0 Å². The van der Waals surface area contributed by atoms with Crippen molar-refractivity contribution in [2.24, 2.45) is 0 Å². The number of nitrogens with one attached hydrogen (secondary N) is 1. The SMILES string of the molecule is CCn1cc(N2CCNCC2)c(=O)n(CC)c1=O. The summed E-state index contributed by atoms with van der Waals surface area (Å²) in [5, 5.41) is 3.25. The van der Waals surface area contributed by atoms with Crippen molar-refractivity contribution in [2.45, 2.75) is 26.9 Å². The molecule has 0 amide bonds. The van der Waals surface area contributed by atoms with Gasteiger partial charge in [0, 0.05) is 45.5 Å². The Bertz CT molecular complexity index is 526. The molecule has 0 saturated carbocycles. The Morgan fingerprint density at radius 3 is 2.39 bits per heavy atom. The number of rotatable bonds is 3. The van der Waals surface area contributed by atoms with Crippen molar-refractivity contribution in [1.29, 1.82) is 0 Å². The van der Waals surface area contributed by atoms with Gasteiger partial charge in [0.2, 0.25) is 0 Å². The van der Waals surface area contributed by atoms with E-state index < -0.39 is 0 Å². The van der Waals surface area contributed by atoms with Crippen molar-refractivity contribution in [3.63, 3.8) is 0 Å². The molecule has 0 aromatic carbocycles. The van der Waals surface area contributed by atoms with Crippen molar-refractivity contribution >= 4 is 5.69 Å². The molecule has 0 spiro atoms. The molecule has 1 aromatic heterocycles. The summed E-state index contributed by atoms with van der Waals surface area (Å²) in [4.78, 5) is 26.3.